The minimum Gasteiger partial charge on any atom is -0.338 e. The zero-order valence-corrected chi connectivity index (χ0v) is 15.0. The van der Waals surface area contributed by atoms with Crippen LogP contribution in [0.15, 0.2) is 33.1 Å². The van der Waals surface area contributed by atoms with Crippen molar-refractivity contribution in [3.05, 3.63) is 46.4 Å². The predicted octanol–water partition coefficient (Wildman–Crippen LogP) is 4.94. The van der Waals surface area contributed by atoms with Gasteiger partial charge in [0, 0.05) is 6.42 Å². The van der Waals surface area contributed by atoms with Gasteiger partial charge in [0.05, 0.1) is 27.5 Å². The Hall–Kier alpha value is -2.38. The van der Waals surface area contributed by atoms with Crippen molar-refractivity contribution in [2.24, 2.45) is 0 Å². The Kier molecular flexibility index (Phi) is 5.29. The van der Waals surface area contributed by atoms with E-state index in [0.29, 0.717) is 17.1 Å². The summed E-state index contributed by atoms with van der Waals surface area (Å²) in [4.78, 5) is 8.97. The third kappa shape index (κ3) is 3.89. The summed E-state index contributed by atoms with van der Waals surface area (Å²) in [5.74, 6) is 0.907. The molecule has 0 bridgehead atoms. The van der Waals surface area contributed by atoms with Crippen LogP contribution in [0.25, 0.3) is 10.6 Å². The van der Waals surface area contributed by atoms with Crippen molar-refractivity contribution in [2.75, 3.05) is 0 Å². The van der Waals surface area contributed by atoms with Gasteiger partial charge in [-0.2, -0.15) is 23.4 Å². The normalized spacial score (nSPS) is 11.5. The molecule has 0 aliphatic heterocycles. The fourth-order valence-electron chi connectivity index (χ4n) is 2.13. The highest BCUT2D eigenvalue weighted by molar-refractivity contribution is 7.98. The predicted molar refractivity (Wildman–Crippen MR) is 90.5 cm³/mol. The Bertz CT molecular complexity index is 946. The molecule has 3 heterocycles. The van der Waals surface area contributed by atoms with E-state index in [0.717, 1.165) is 17.8 Å². The van der Waals surface area contributed by atoms with Gasteiger partial charge in [-0.05, 0) is 17.5 Å². The van der Waals surface area contributed by atoms with Crippen LogP contribution in [0.4, 0.5) is 13.2 Å². The molecule has 0 atom stereocenters. The first kappa shape index (κ1) is 18.4. The summed E-state index contributed by atoms with van der Waals surface area (Å²) in [6.45, 7) is 1.86. The zero-order chi connectivity index (χ0) is 18.7. The average Bonchev–Trinajstić information content (AvgIpc) is 3.29. The lowest BCUT2D eigenvalue weighted by Gasteiger charge is -2.13. The highest BCUT2D eigenvalue weighted by Gasteiger charge is 2.36. The van der Waals surface area contributed by atoms with Crippen LogP contribution in [0.3, 0.4) is 0 Å². The molecule has 0 aliphatic carbocycles. The van der Waals surface area contributed by atoms with E-state index in [1.165, 1.54) is 11.3 Å². The fourth-order valence-corrected chi connectivity index (χ4v) is 3.66. The third-order valence-corrected chi connectivity index (χ3v) is 5.19. The second kappa shape index (κ2) is 7.47. The van der Waals surface area contributed by atoms with Gasteiger partial charge in [-0.25, -0.2) is 4.98 Å². The van der Waals surface area contributed by atoms with Crippen LogP contribution in [0.5, 0.6) is 0 Å². The second-order valence-corrected chi connectivity index (χ2v) is 6.98. The average molecular weight is 396 g/mol. The number of thiophene rings is 1. The molecule has 0 saturated carbocycles. The molecule has 0 spiro atoms. The van der Waals surface area contributed by atoms with Crippen molar-refractivity contribution in [1.29, 1.82) is 5.26 Å². The number of pyridine rings is 1. The number of halogens is 3. The standard InChI is InChI=1S/C16H11F3N4OS2/c1-2-13-22-14(24-23-13)8-26-15-9(7-20)10(16(17,18)19)6-11(21-15)12-4-3-5-25-12/h3-6H,2,8H2,1H3. The Labute approximate surface area is 154 Å². The first-order valence-corrected chi connectivity index (χ1v) is 9.29. The number of thioether (sulfide) groups is 1. The summed E-state index contributed by atoms with van der Waals surface area (Å²) in [6.07, 6.45) is -4.07. The van der Waals surface area contributed by atoms with Crippen molar-refractivity contribution >= 4 is 23.1 Å². The molecule has 0 N–H and O–H groups in total. The molecule has 5 nitrogen and oxygen atoms in total. The topological polar surface area (TPSA) is 75.6 Å². The molecular formula is C16H11F3N4OS2. The van der Waals surface area contributed by atoms with Gasteiger partial charge in [-0.1, -0.05) is 29.9 Å². The summed E-state index contributed by atoms with van der Waals surface area (Å²) in [5.41, 5.74) is -1.33. The number of alkyl halides is 3. The van der Waals surface area contributed by atoms with E-state index < -0.39 is 17.3 Å². The SMILES string of the molecule is CCc1noc(CSc2nc(-c3cccs3)cc(C(F)(F)F)c2C#N)n1. The number of hydrogen-bond acceptors (Lipinski definition) is 7. The van der Waals surface area contributed by atoms with E-state index in [9.17, 15) is 18.4 Å². The van der Waals surface area contributed by atoms with Gasteiger partial charge in [0.15, 0.2) is 5.82 Å². The van der Waals surface area contributed by atoms with E-state index in [2.05, 4.69) is 15.1 Å². The first-order valence-electron chi connectivity index (χ1n) is 7.42. The van der Waals surface area contributed by atoms with Gasteiger partial charge in [0.2, 0.25) is 5.89 Å². The lowest BCUT2D eigenvalue weighted by atomic mass is 10.1. The Morgan fingerprint density at radius 3 is 2.73 bits per heavy atom. The third-order valence-electron chi connectivity index (χ3n) is 3.34. The Morgan fingerprint density at radius 2 is 2.15 bits per heavy atom. The molecular weight excluding hydrogens is 385 g/mol. The number of aromatic nitrogens is 3. The summed E-state index contributed by atoms with van der Waals surface area (Å²) >= 11 is 2.24. The Morgan fingerprint density at radius 1 is 1.35 bits per heavy atom. The van der Waals surface area contributed by atoms with E-state index in [1.54, 1.807) is 23.6 Å². The van der Waals surface area contributed by atoms with Gasteiger partial charge in [0.1, 0.15) is 11.1 Å². The molecule has 0 fully saturated rings. The molecule has 0 unspecified atom stereocenters. The van der Waals surface area contributed by atoms with E-state index in [4.69, 9.17) is 4.52 Å². The van der Waals surface area contributed by atoms with Crippen LogP contribution in [-0.2, 0) is 18.3 Å². The fraction of sp³-hybridized carbons (Fsp3) is 0.250. The van der Waals surface area contributed by atoms with Crippen LogP contribution in [-0.4, -0.2) is 15.1 Å². The van der Waals surface area contributed by atoms with Crippen molar-refractivity contribution in [3.63, 3.8) is 0 Å². The minimum absolute atomic E-state index is 0.0121. The van der Waals surface area contributed by atoms with Crippen LogP contribution < -0.4 is 0 Å². The van der Waals surface area contributed by atoms with Crippen LogP contribution in [0.2, 0.25) is 0 Å². The van der Waals surface area contributed by atoms with Crippen LogP contribution in [0, 0.1) is 11.3 Å². The molecule has 0 aromatic carbocycles. The first-order chi connectivity index (χ1) is 12.4. The lowest BCUT2D eigenvalue weighted by Crippen LogP contribution is -2.10. The number of aryl methyl sites for hydroxylation is 1. The van der Waals surface area contributed by atoms with Gasteiger partial charge in [-0.3, -0.25) is 0 Å². The van der Waals surface area contributed by atoms with Crippen molar-refractivity contribution in [1.82, 2.24) is 15.1 Å². The molecule has 0 radical (unpaired) electrons. The number of rotatable bonds is 5. The highest BCUT2D eigenvalue weighted by Crippen LogP contribution is 2.39. The molecule has 134 valence electrons. The molecule has 0 saturated heterocycles. The quantitative estimate of drug-likeness (QED) is 0.569. The summed E-state index contributed by atoms with van der Waals surface area (Å²) in [5, 5.41) is 14.8. The number of nitrogens with zero attached hydrogens (tertiary/aromatic N) is 4. The van der Waals surface area contributed by atoms with Crippen molar-refractivity contribution < 1.29 is 17.7 Å². The van der Waals surface area contributed by atoms with Gasteiger partial charge in [-0.15, -0.1) is 11.3 Å². The van der Waals surface area contributed by atoms with E-state index in [1.807, 2.05) is 6.92 Å². The monoisotopic (exact) mass is 396 g/mol. The Balaban J connectivity index is 2.01. The lowest BCUT2D eigenvalue weighted by molar-refractivity contribution is -0.138. The molecule has 3 aromatic rings. The smallest absolute Gasteiger partial charge is 0.338 e. The van der Waals surface area contributed by atoms with Gasteiger partial charge >= 0.3 is 6.18 Å². The molecule has 10 heteroatoms. The molecule has 3 rings (SSSR count). The molecule has 26 heavy (non-hydrogen) atoms. The molecule has 0 amide bonds. The summed E-state index contributed by atoms with van der Waals surface area (Å²) < 4.78 is 45.3. The number of nitriles is 1. The van der Waals surface area contributed by atoms with Crippen molar-refractivity contribution in [2.45, 2.75) is 30.3 Å². The molecule has 0 aliphatic rings. The maximum atomic E-state index is 13.4. The van der Waals surface area contributed by atoms with Gasteiger partial charge in [0.25, 0.3) is 0 Å². The van der Waals surface area contributed by atoms with E-state index in [-0.39, 0.29) is 22.4 Å². The minimum atomic E-state index is -4.66. The molecule has 3 aromatic heterocycles. The van der Waals surface area contributed by atoms with Crippen molar-refractivity contribution in [3.8, 4) is 16.6 Å². The summed E-state index contributed by atoms with van der Waals surface area (Å²) in [7, 11) is 0. The van der Waals surface area contributed by atoms with Crippen LogP contribution in [0.1, 0.15) is 29.8 Å². The van der Waals surface area contributed by atoms with E-state index >= 15 is 0 Å². The number of hydrogen-bond donors (Lipinski definition) is 0. The second-order valence-electron chi connectivity index (χ2n) is 5.07. The maximum Gasteiger partial charge on any atom is 0.417 e. The van der Waals surface area contributed by atoms with Gasteiger partial charge < -0.3 is 4.52 Å². The highest BCUT2D eigenvalue weighted by atomic mass is 32.2. The van der Waals surface area contributed by atoms with Crippen LogP contribution >= 0.6 is 23.1 Å². The summed E-state index contributed by atoms with van der Waals surface area (Å²) in [6, 6.07) is 5.95. The largest absolute Gasteiger partial charge is 0.417 e. The maximum absolute atomic E-state index is 13.4. The zero-order valence-electron chi connectivity index (χ0n) is 13.4.